The van der Waals surface area contributed by atoms with Gasteiger partial charge < -0.3 is 5.32 Å². The fourth-order valence-corrected chi connectivity index (χ4v) is 3.96. The zero-order valence-electron chi connectivity index (χ0n) is 15.4. The van der Waals surface area contributed by atoms with E-state index in [1.54, 1.807) is 36.4 Å². The van der Waals surface area contributed by atoms with E-state index >= 15 is 0 Å². The monoisotopic (exact) mass is 414 g/mol. The molecule has 0 saturated heterocycles. The number of sulfonamides is 1. The molecule has 0 unspecified atom stereocenters. The molecule has 0 aliphatic heterocycles. The molecular weight excluding hydrogens is 396 g/mol. The van der Waals surface area contributed by atoms with Crippen molar-refractivity contribution in [1.82, 2.24) is 0 Å². The van der Waals surface area contributed by atoms with Crippen molar-refractivity contribution in [3.8, 4) is 0 Å². The number of rotatable bonds is 5. The number of nitrogens with zero attached hydrogens (tertiary/aromatic N) is 1. The molecule has 0 fully saturated rings. The highest BCUT2D eigenvalue weighted by Gasteiger charge is 2.21. The molecule has 0 aliphatic carbocycles. The minimum Gasteiger partial charge on any atom is -0.322 e. The first-order valence-corrected chi connectivity index (χ1v) is 10.3. The average molecular weight is 415 g/mol. The number of para-hydroxylation sites is 1. The standard InChI is InChI=1S/C21H19ClN2O3S/c1-15-8-11-17(14-20(15)22)23-21(25)16-9-12-19(13-10-16)28(26,27)24(2)18-6-4-3-5-7-18/h3-14H,1-2H3,(H,23,25). The Morgan fingerprint density at radius 3 is 2.21 bits per heavy atom. The first-order chi connectivity index (χ1) is 13.3. The van der Waals surface area contributed by atoms with Crippen LogP contribution in [0.3, 0.4) is 0 Å². The molecule has 0 bridgehead atoms. The molecule has 0 heterocycles. The maximum absolute atomic E-state index is 12.8. The van der Waals surface area contributed by atoms with Gasteiger partial charge in [0.25, 0.3) is 15.9 Å². The number of amides is 1. The molecule has 0 aliphatic rings. The maximum atomic E-state index is 12.8. The van der Waals surface area contributed by atoms with Crippen LogP contribution in [0.5, 0.6) is 0 Å². The molecule has 0 saturated carbocycles. The first kappa shape index (κ1) is 19.9. The first-order valence-electron chi connectivity index (χ1n) is 8.50. The van der Waals surface area contributed by atoms with E-state index in [1.165, 1.54) is 35.6 Å². The lowest BCUT2D eigenvalue weighted by molar-refractivity contribution is 0.102. The Bertz CT molecular complexity index is 1100. The molecule has 0 radical (unpaired) electrons. The van der Waals surface area contributed by atoms with Gasteiger partial charge in [-0.3, -0.25) is 9.10 Å². The van der Waals surface area contributed by atoms with Gasteiger partial charge in [-0.25, -0.2) is 8.42 Å². The predicted molar refractivity (Wildman–Crippen MR) is 113 cm³/mol. The molecule has 0 aromatic heterocycles. The maximum Gasteiger partial charge on any atom is 0.264 e. The highest BCUT2D eigenvalue weighted by Crippen LogP contribution is 2.23. The number of halogens is 1. The smallest absolute Gasteiger partial charge is 0.264 e. The Labute approximate surface area is 169 Å². The minimum absolute atomic E-state index is 0.105. The summed E-state index contributed by atoms with van der Waals surface area (Å²) in [5, 5.41) is 3.31. The van der Waals surface area contributed by atoms with Crippen LogP contribution in [0.15, 0.2) is 77.7 Å². The summed E-state index contributed by atoms with van der Waals surface area (Å²) < 4.78 is 26.8. The molecule has 3 rings (SSSR count). The van der Waals surface area contributed by atoms with Gasteiger partial charge in [0.2, 0.25) is 0 Å². The van der Waals surface area contributed by atoms with Crippen LogP contribution in [0.25, 0.3) is 0 Å². The lowest BCUT2D eigenvalue weighted by atomic mass is 10.2. The van der Waals surface area contributed by atoms with Gasteiger partial charge in [0.05, 0.1) is 10.6 Å². The van der Waals surface area contributed by atoms with Gasteiger partial charge in [-0.1, -0.05) is 35.9 Å². The summed E-state index contributed by atoms with van der Waals surface area (Å²) in [7, 11) is -2.23. The predicted octanol–water partition coefficient (Wildman–Crippen LogP) is 4.73. The summed E-state index contributed by atoms with van der Waals surface area (Å²) in [6.07, 6.45) is 0. The van der Waals surface area contributed by atoms with Crippen LogP contribution in [0.2, 0.25) is 5.02 Å². The van der Waals surface area contributed by atoms with Crippen LogP contribution in [0.1, 0.15) is 15.9 Å². The molecule has 1 amide bonds. The van der Waals surface area contributed by atoms with Crippen molar-refractivity contribution in [2.75, 3.05) is 16.7 Å². The van der Waals surface area contributed by atoms with E-state index in [-0.39, 0.29) is 10.8 Å². The van der Waals surface area contributed by atoms with E-state index in [4.69, 9.17) is 11.6 Å². The van der Waals surface area contributed by atoms with E-state index in [9.17, 15) is 13.2 Å². The molecule has 0 atom stereocenters. The van der Waals surface area contributed by atoms with Crippen molar-refractivity contribution in [3.05, 3.63) is 88.9 Å². The van der Waals surface area contributed by atoms with Gasteiger partial charge in [-0.2, -0.15) is 0 Å². The number of aryl methyl sites for hydroxylation is 1. The zero-order chi connectivity index (χ0) is 20.3. The third-order valence-electron chi connectivity index (χ3n) is 4.32. The SMILES string of the molecule is Cc1ccc(NC(=O)c2ccc(S(=O)(=O)N(C)c3ccccc3)cc2)cc1Cl. The van der Waals surface area contributed by atoms with Crippen LogP contribution in [0, 0.1) is 6.92 Å². The van der Waals surface area contributed by atoms with Crippen molar-refractivity contribution in [2.45, 2.75) is 11.8 Å². The van der Waals surface area contributed by atoms with Crippen LogP contribution in [0.4, 0.5) is 11.4 Å². The van der Waals surface area contributed by atoms with Gasteiger partial charge in [0.1, 0.15) is 0 Å². The molecule has 28 heavy (non-hydrogen) atoms. The summed E-state index contributed by atoms with van der Waals surface area (Å²) in [6.45, 7) is 1.87. The second kappa shape index (κ2) is 8.04. The fourth-order valence-electron chi connectivity index (χ4n) is 2.59. The summed E-state index contributed by atoms with van der Waals surface area (Å²) in [5.74, 6) is -0.347. The quantitative estimate of drug-likeness (QED) is 0.656. The average Bonchev–Trinajstić information content (AvgIpc) is 2.71. The van der Waals surface area contributed by atoms with Crippen LogP contribution < -0.4 is 9.62 Å². The Hall–Kier alpha value is -2.83. The third kappa shape index (κ3) is 4.18. The second-order valence-corrected chi connectivity index (χ2v) is 8.63. The number of benzene rings is 3. The summed E-state index contributed by atoms with van der Waals surface area (Å²) >= 11 is 6.07. The Morgan fingerprint density at radius 2 is 1.61 bits per heavy atom. The summed E-state index contributed by atoms with van der Waals surface area (Å²) in [4.78, 5) is 12.5. The van der Waals surface area contributed by atoms with E-state index in [1.807, 2.05) is 19.1 Å². The highest BCUT2D eigenvalue weighted by molar-refractivity contribution is 7.92. The minimum atomic E-state index is -3.72. The number of carbonyl (C=O) groups excluding carboxylic acids is 1. The Balaban J connectivity index is 1.78. The lowest BCUT2D eigenvalue weighted by Gasteiger charge is -2.19. The molecule has 5 nitrogen and oxygen atoms in total. The van der Waals surface area contributed by atoms with E-state index in [0.717, 1.165) is 5.56 Å². The number of hydrogen-bond acceptors (Lipinski definition) is 3. The third-order valence-corrected chi connectivity index (χ3v) is 6.53. The summed E-state index contributed by atoms with van der Waals surface area (Å²) in [6, 6.07) is 19.8. The highest BCUT2D eigenvalue weighted by atomic mass is 35.5. The molecule has 3 aromatic rings. The Kier molecular flexibility index (Phi) is 5.72. The van der Waals surface area contributed by atoms with Crippen LogP contribution in [-0.2, 0) is 10.0 Å². The van der Waals surface area contributed by atoms with Gasteiger partial charge in [-0.05, 0) is 61.0 Å². The Morgan fingerprint density at radius 1 is 0.964 bits per heavy atom. The number of carbonyl (C=O) groups is 1. The van der Waals surface area contributed by atoms with Gasteiger partial charge in [-0.15, -0.1) is 0 Å². The van der Waals surface area contributed by atoms with E-state index in [0.29, 0.717) is 22.0 Å². The van der Waals surface area contributed by atoms with Crippen molar-refractivity contribution >= 4 is 38.9 Å². The van der Waals surface area contributed by atoms with E-state index in [2.05, 4.69) is 5.32 Å². The number of hydrogen-bond donors (Lipinski definition) is 1. The normalized spacial score (nSPS) is 11.1. The van der Waals surface area contributed by atoms with Crippen molar-refractivity contribution in [1.29, 1.82) is 0 Å². The van der Waals surface area contributed by atoms with Crippen molar-refractivity contribution < 1.29 is 13.2 Å². The molecule has 0 spiro atoms. The topological polar surface area (TPSA) is 66.5 Å². The number of nitrogens with one attached hydrogen (secondary N) is 1. The molecule has 3 aromatic carbocycles. The second-order valence-electron chi connectivity index (χ2n) is 6.25. The molecular formula is C21H19ClN2O3S. The molecule has 1 N–H and O–H groups in total. The van der Waals surface area contributed by atoms with E-state index < -0.39 is 10.0 Å². The van der Waals surface area contributed by atoms with Crippen LogP contribution in [-0.4, -0.2) is 21.4 Å². The van der Waals surface area contributed by atoms with Gasteiger partial charge in [0.15, 0.2) is 0 Å². The summed E-state index contributed by atoms with van der Waals surface area (Å²) in [5.41, 5.74) is 2.39. The molecule has 144 valence electrons. The largest absolute Gasteiger partial charge is 0.322 e. The molecule has 7 heteroatoms. The fraction of sp³-hybridized carbons (Fsp3) is 0.0952. The van der Waals surface area contributed by atoms with Crippen LogP contribution >= 0.6 is 11.6 Å². The van der Waals surface area contributed by atoms with Gasteiger partial charge >= 0.3 is 0 Å². The van der Waals surface area contributed by atoms with Crippen molar-refractivity contribution in [3.63, 3.8) is 0 Å². The number of anilines is 2. The zero-order valence-corrected chi connectivity index (χ0v) is 17.0. The lowest BCUT2D eigenvalue weighted by Crippen LogP contribution is -2.26. The van der Waals surface area contributed by atoms with Crippen molar-refractivity contribution in [2.24, 2.45) is 0 Å². The van der Waals surface area contributed by atoms with Gasteiger partial charge in [0, 0.05) is 23.3 Å².